The summed E-state index contributed by atoms with van der Waals surface area (Å²) in [4.78, 5) is 11.7. The van der Waals surface area contributed by atoms with E-state index in [1.807, 2.05) is 36.4 Å². The van der Waals surface area contributed by atoms with Crippen LogP contribution in [0.15, 0.2) is 89.8 Å². The summed E-state index contributed by atoms with van der Waals surface area (Å²) in [6.07, 6.45) is 5.85. The molecule has 4 aromatic heterocycles. The van der Waals surface area contributed by atoms with Gasteiger partial charge in [0.2, 0.25) is 18.5 Å². The SMILES string of the molecule is Fc1cccc(-c2nc3cn[n+](Cc4cc(-c5ccc(Cc6ccccn6)cc5)no4)cc3[nH]2)c1F. The number of hydrogen-bond acceptors (Lipinski definition) is 5. The quantitative estimate of drug-likeness (QED) is 0.343. The number of aromatic nitrogens is 6. The van der Waals surface area contributed by atoms with Gasteiger partial charge in [0.25, 0.3) is 0 Å². The molecule has 0 fully saturated rings. The number of pyridine rings is 1. The fraction of sp³-hybridized carbons (Fsp3) is 0.0741. The lowest BCUT2D eigenvalue weighted by atomic mass is 10.1. The first-order valence-electron chi connectivity index (χ1n) is 11.3. The fourth-order valence-electron chi connectivity index (χ4n) is 4.00. The summed E-state index contributed by atoms with van der Waals surface area (Å²) in [5, 5.41) is 8.55. The number of benzene rings is 2. The molecule has 0 bridgehead atoms. The molecular weight excluding hydrogens is 462 g/mol. The first kappa shape index (κ1) is 21.7. The Bertz CT molecular complexity index is 1660. The van der Waals surface area contributed by atoms with Crippen LogP contribution in [0, 0.1) is 11.6 Å². The third-order valence-electron chi connectivity index (χ3n) is 5.81. The van der Waals surface area contributed by atoms with Crippen LogP contribution in [0.5, 0.6) is 0 Å². The third-order valence-corrected chi connectivity index (χ3v) is 5.81. The van der Waals surface area contributed by atoms with Crippen LogP contribution in [0.4, 0.5) is 8.78 Å². The Morgan fingerprint density at radius 3 is 2.69 bits per heavy atom. The van der Waals surface area contributed by atoms with Crippen molar-refractivity contribution in [3.05, 3.63) is 114 Å². The monoisotopic (exact) mass is 481 g/mol. The highest BCUT2D eigenvalue weighted by Crippen LogP contribution is 2.24. The number of aromatic amines is 1. The lowest BCUT2D eigenvalue weighted by Crippen LogP contribution is -2.37. The van der Waals surface area contributed by atoms with Gasteiger partial charge in [0.05, 0.1) is 5.56 Å². The summed E-state index contributed by atoms with van der Waals surface area (Å²) in [6, 6.07) is 19.9. The van der Waals surface area contributed by atoms with Crippen LogP contribution in [0.2, 0.25) is 0 Å². The molecule has 6 aromatic rings. The van der Waals surface area contributed by atoms with Gasteiger partial charge in [-0.1, -0.05) is 46.2 Å². The van der Waals surface area contributed by atoms with Crippen molar-refractivity contribution in [2.24, 2.45) is 0 Å². The Kier molecular flexibility index (Phi) is 5.49. The minimum Gasteiger partial charge on any atom is -0.354 e. The van der Waals surface area contributed by atoms with Crippen molar-refractivity contribution in [3.8, 4) is 22.6 Å². The molecule has 0 saturated heterocycles. The molecule has 0 aliphatic heterocycles. The minimum absolute atomic E-state index is 0.0590. The molecule has 0 unspecified atom stereocenters. The highest BCUT2D eigenvalue weighted by molar-refractivity contribution is 5.77. The maximum absolute atomic E-state index is 14.2. The van der Waals surface area contributed by atoms with Gasteiger partial charge < -0.3 is 9.51 Å². The highest BCUT2D eigenvalue weighted by atomic mass is 19.2. The maximum atomic E-state index is 14.2. The number of halogens is 2. The van der Waals surface area contributed by atoms with Crippen LogP contribution in [-0.4, -0.2) is 25.2 Å². The Labute approximate surface area is 204 Å². The average Bonchev–Trinajstić information content (AvgIpc) is 3.54. The van der Waals surface area contributed by atoms with E-state index in [9.17, 15) is 8.78 Å². The normalized spacial score (nSPS) is 11.3. The van der Waals surface area contributed by atoms with Crippen molar-refractivity contribution in [1.82, 2.24) is 25.2 Å². The predicted molar refractivity (Wildman–Crippen MR) is 128 cm³/mol. The third kappa shape index (κ3) is 4.34. The first-order chi connectivity index (χ1) is 17.6. The van der Waals surface area contributed by atoms with Crippen LogP contribution < -0.4 is 4.68 Å². The summed E-state index contributed by atoms with van der Waals surface area (Å²) in [5.74, 6) is -1.02. The summed E-state index contributed by atoms with van der Waals surface area (Å²) in [5.41, 5.74) is 5.07. The van der Waals surface area contributed by atoms with E-state index in [4.69, 9.17) is 4.52 Å². The number of imidazole rings is 1. The van der Waals surface area contributed by atoms with Gasteiger partial charge in [-0.3, -0.25) is 4.98 Å². The molecule has 2 aromatic carbocycles. The van der Waals surface area contributed by atoms with E-state index in [1.165, 1.54) is 12.1 Å². The Morgan fingerprint density at radius 1 is 0.972 bits per heavy atom. The van der Waals surface area contributed by atoms with Crippen molar-refractivity contribution < 1.29 is 18.0 Å². The zero-order chi connectivity index (χ0) is 24.5. The Hall–Kier alpha value is -4.79. The fourth-order valence-corrected chi connectivity index (χ4v) is 4.00. The van der Waals surface area contributed by atoms with Crippen LogP contribution >= 0.6 is 0 Å². The van der Waals surface area contributed by atoms with Crippen LogP contribution in [0.1, 0.15) is 17.0 Å². The molecule has 0 radical (unpaired) electrons. The lowest BCUT2D eigenvalue weighted by molar-refractivity contribution is -0.746. The van der Waals surface area contributed by atoms with Crippen molar-refractivity contribution in [2.45, 2.75) is 13.0 Å². The van der Waals surface area contributed by atoms with Gasteiger partial charge in [0, 0.05) is 29.9 Å². The molecule has 0 amide bonds. The summed E-state index contributed by atoms with van der Waals surface area (Å²) in [7, 11) is 0. The van der Waals surface area contributed by atoms with E-state index in [0.29, 0.717) is 23.3 Å². The molecule has 7 nitrogen and oxygen atoms in total. The second-order valence-corrected chi connectivity index (χ2v) is 8.33. The predicted octanol–water partition coefficient (Wildman–Crippen LogP) is 4.88. The molecule has 0 atom stereocenters. The van der Waals surface area contributed by atoms with E-state index >= 15 is 0 Å². The van der Waals surface area contributed by atoms with Crippen molar-refractivity contribution in [1.29, 1.82) is 0 Å². The number of hydrogen-bond donors (Lipinski definition) is 1. The van der Waals surface area contributed by atoms with Crippen molar-refractivity contribution >= 4 is 11.0 Å². The second-order valence-electron chi connectivity index (χ2n) is 8.33. The molecule has 0 spiro atoms. The molecule has 176 valence electrons. The van der Waals surface area contributed by atoms with Crippen LogP contribution in [-0.2, 0) is 13.0 Å². The van der Waals surface area contributed by atoms with Gasteiger partial charge in [0.15, 0.2) is 11.6 Å². The van der Waals surface area contributed by atoms with Gasteiger partial charge in [-0.2, -0.15) is 0 Å². The molecular formula is C27H19F2N6O+. The largest absolute Gasteiger partial charge is 0.354 e. The van der Waals surface area contributed by atoms with E-state index in [2.05, 4.69) is 37.3 Å². The number of H-pyrrole nitrogens is 1. The molecule has 0 saturated carbocycles. The summed E-state index contributed by atoms with van der Waals surface area (Å²) < 4.78 is 35.0. The molecule has 6 rings (SSSR count). The standard InChI is InChI=1S/C27H18F2N6O/c28-22-6-3-5-21(26(22)29)27-32-24-14-31-35(16-25(24)33-27)15-20-13-23(34-36-20)18-9-7-17(8-10-18)12-19-4-1-2-11-30-19/h1-11,13-14,16H,12,15H2/p+1. The molecule has 1 N–H and O–H groups in total. The first-order valence-corrected chi connectivity index (χ1v) is 11.3. The molecule has 4 heterocycles. The summed E-state index contributed by atoms with van der Waals surface area (Å²) >= 11 is 0. The highest BCUT2D eigenvalue weighted by Gasteiger charge is 2.17. The molecule has 0 aliphatic carbocycles. The van der Waals surface area contributed by atoms with Gasteiger partial charge in [-0.05, 0) is 34.9 Å². The Morgan fingerprint density at radius 2 is 1.86 bits per heavy atom. The second kappa shape index (κ2) is 9.10. The van der Waals surface area contributed by atoms with Gasteiger partial charge >= 0.3 is 0 Å². The van der Waals surface area contributed by atoms with Gasteiger partial charge in [-0.25, -0.2) is 13.8 Å². The van der Waals surface area contributed by atoms with Crippen LogP contribution in [0.25, 0.3) is 33.7 Å². The van der Waals surface area contributed by atoms with Crippen molar-refractivity contribution in [2.75, 3.05) is 0 Å². The number of fused-ring (bicyclic) bond motifs is 1. The van der Waals surface area contributed by atoms with E-state index in [0.717, 1.165) is 35.0 Å². The molecule has 0 aliphatic rings. The lowest BCUT2D eigenvalue weighted by Gasteiger charge is -2.02. The van der Waals surface area contributed by atoms with E-state index in [1.54, 1.807) is 23.3 Å². The minimum atomic E-state index is -0.948. The molecule has 36 heavy (non-hydrogen) atoms. The van der Waals surface area contributed by atoms with E-state index < -0.39 is 11.6 Å². The number of nitrogens with one attached hydrogen (secondary N) is 1. The van der Waals surface area contributed by atoms with Gasteiger partial charge in [0.1, 0.15) is 28.7 Å². The molecule has 9 heteroatoms. The zero-order valence-electron chi connectivity index (χ0n) is 18.9. The van der Waals surface area contributed by atoms with Gasteiger partial charge in [-0.15, -0.1) is 0 Å². The topological polar surface area (TPSA) is 84.4 Å². The van der Waals surface area contributed by atoms with Crippen molar-refractivity contribution in [3.63, 3.8) is 0 Å². The number of nitrogens with zero attached hydrogens (tertiary/aromatic N) is 5. The number of rotatable bonds is 6. The maximum Gasteiger partial charge on any atom is 0.234 e. The zero-order valence-corrected chi connectivity index (χ0v) is 18.9. The van der Waals surface area contributed by atoms with Crippen LogP contribution in [0.3, 0.4) is 0 Å². The average molecular weight is 481 g/mol. The Balaban J connectivity index is 1.18. The smallest absolute Gasteiger partial charge is 0.234 e. The summed E-state index contributed by atoms with van der Waals surface area (Å²) in [6.45, 7) is 0.337. The van der Waals surface area contributed by atoms with E-state index in [-0.39, 0.29) is 11.4 Å².